The maximum absolute atomic E-state index is 12.1. The highest BCUT2D eigenvalue weighted by Gasteiger charge is 2.12. The molecule has 0 aliphatic carbocycles. The zero-order valence-corrected chi connectivity index (χ0v) is 17.5. The predicted octanol–water partition coefficient (Wildman–Crippen LogP) is 3.26. The first-order valence-electron chi connectivity index (χ1n) is 8.83. The summed E-state index contributed by atoms with van der Waals surface area (Å²) in [5, 5.41) is 5.79. The van der Waals surface area contributed by atoms with Crippen LogP contribution in [0.2, 0.25) is 5.02 Å². The van der Waals surface area contributed by atoms with E-state index in [1.54, 1.807) is 61.0 Å². The van der Waals surface area contributed by atoms with Crippen LogP contribution in [0.4, 0.5) is 5.69 Å². The van der Waals surface area contributed by atoms with E-state index in [4.69, 9.17) is 21.1 Å². The summed E-state index contributed by atoms with van der Waals surface area (Å²) in [4.78, 5) is 28.3. The van der Waals surface area contributed by atoms with E-state index in [0.29, 0.717) is 15.8 Å². The molecular weight excluding hydrogens is 428 g/mol. The number of carbonyl (C=O) groups excluding carboxylic acids is 2. The number of nitrogens with zero attached hydrogens (tertiary/aromatic N) is 1. The second kappa shape index (κ2) is 10.5. The van der Waals surface area contributed by atoms with Crippen LogP contribution in [-0.2, 0) is 11.4 Å². The molecule has 156 valence electrons. The molecule has 0 radical (unpaired) electrons. The van der Waals surface area contributed by atoms with E-state index >= 15 is 0 Å². The third-order valence-corrected chi connectivity index (χ3v) is 4.89. The van der Waals surface area contributed by atoms with Crippen LogP contribution in [-0.4, -0.2) is 30.5 Å². The van der Waals surface area contributed by atoms with E-state index in [1.165, 1.54) is 11.3 Å². The van der Waals surface area contributed by atoms with Gasteiger partial charge < -0.3 is 14.8 Å². The van der Waals surface area contributed by atoms with Gasteiger partial charge in [0, 0.05) is 16.1 Å². The number of amides is 2. The van der Waals surface area contributed by atoms with E-state index in [0.717, 1.165) is 11.4 Å². The summed E-state index contributed by atoms with van der Waals surface area (Å²) in [6.07, 6.45) is 0. The molecule has 3 aromatic rings. The van der Waals surface area contributed by atoms with Crippen LogP contribution in [0.5, 0.6) is 11.5 Å². The van der Waals surface area contributed by atoms with Gasteiger partial charge in [0.2, 0.25) is 0 Å². The van der Waals surface area contributed by atoms with Crippen molar-refractivity contribution in [2.45, 2.75) is 6.61 Å². The molecule has 2 aromatic carbocycles. The van der Waals surface area contributed by atoms with Gasteiger partial charge in [-0.15, -0.1) is 11.3 Å². The normalized spacial score (nSPS) is 10.2. The van der Waals surface area contributed by atoms with Crippen molar-refractivity contribution in [3.63, 3.8) is 0 Å². The van der Waals surface area contributed by atoms with Crippen LogP contribution in [0.3, 0.4) is 0 Å². The van der Waals surface area contributed by atoms with Crippen molar-refractivity contribution in [2.75, 3.05) is 19.0 Å². The molecular formula is C20H19ClN4O4S. The van der Waals surface area contributed by atoms with Crippen molar-refractivity contribution in [1.82, 2.24) is 15.8 Å². The Hall–Kier alpha value is -3.30. The second-order valence-electron chi connectivity index (χ2n) is 5.95. The number of halogens is 1. The van der Waals surface area contributed by atoms with Crippen molar-refractivity contribution in [1.29, 1.82) is 0 Å². The molecule has 0 spiro atoms. The summed E-state index contributed by atoms with van der Waals surface area (Å²) in [6.45, 7) is 0.210. The first kappa shape index (κ1) is 21.4. The number of thiazole rings is 1. The standard InChI is InChI=1S/C20H19ClN4O4S/c1-28-15-8-4-14(5-9-15)22-10-18(26)24-25-20(27)17-12-30-19(23-17)11-29-16-6-2-13(21)3-7-16/h2-9,12,22H,10-11H2,1H3,(H,24,26)(H,25,27). The molecule has 2 amide bonds. The van der Waals surface area contributed by atoms with Gasteiger partial charge in [0.05, 0.1) is 13.7 Å². The number of hydrogen-bond donors (Lipinski definition) is 3. The second-order valence-corrected chi connectivity index (χ2v) is 7.33. The van der Waals surface area contributed by atoms with Crippen molar-refractivity contribution in [2.24, 2.45) is 0 Å². The number of aromatic nitrogens is 1. The summed E-state index contributed by atoms with van der Waals surface area (Å²) in [6, 6.07) is 14.1. The predicted molar refractivity (Wildman–Crippen MR) is 115 cm³/mol. The van der Waals surface area contributed by atoms with E-state index in [9.17, 15) is 9.59 Å². The van der Waals surface area contributed by atoms with Gasteiger partial charge in [-0.1, -0.05) is 11.6 Å². The quantitative estimate of drug-likeness (QED) is 0.459. The zero-order chi connectivity index (χ0) is 21.3. The summed E-state index contributed by atoms with van der Waals surface area (Å²) in [5.74, 6) is 0.457. The monoisotopic (exact) mass is 446 g/mol. The zero-order valence-electron chi connectivity index (χ0n) is 16.0. The maximum Gasteiger partial charge on any atom is 0.289 e. The lowest BCUT2D eigenvalue weighted by Gasteiger charge is -2.09. The van der Waals surface area contributed by atoms with Gasteiger partial charge in [-0.3, -0.25) is 20.4 Å². The Bertz CT molecular complexity index is 993. The molecule has 0 fully saturated rings. The summed E-state index contributed by atoms with van der Waals surface area (Å²) in [7, 11) is 1.58. The van der Waals surface area contributed by atoms with Crippen LogP contribution in [0, 0.1) is 0 Å². The Kier molecular flexibility index (Phi) is 7.47. The summed E-state index contributed by atoms with van der Waals surface area (Å²) in [5.41, 5.74) is 5.62. The first-order valence-corrected chi connectivity index (χ1v) is 10.1. The maximum atomic E-state index is 12.1. The van der Waals surface area contributed by atoms with Crippen LogP contribution in [0.1, 0.15) is 15.5 Å². The number of methoxy groups -OCH3 is 1. The molecule has 1 heterocycles. The molecule has 30 heavy (non-hydrogen) atoms. The molecule has 3 N–H and O–H groups in total. The Labute approximate surface area is 182 Å². The molecule has 0 bridgehead atoms. The topological polar surface area (TPSA) is 102 Å². The number of anilines is 1. The van der Waals surface area contributed by atoms with Crippen molar-refractivity contribution in [3.8, 4) is 11.5 Å². The Morgan fingerprint density at radius 1 is 1.03 bits per heavy atom. The molecule has 1 aromatic heterocycles. The average molecular weight is 447 g/mol. The number of rotatable bonds is 8. The minimum Gasteiger partial charge on any atom is -0.497 e. The molecule has 0 saturated heterocycles. The van der Waals surface area contributed by atoms with Crippen molar-refractivity contribution >= 4 is 40.4 Å². The number of benzene rings is 2. The highest BCUT2D eigenvalue weighted by atomic mass is 35.5. The molecule has 0 aliphatic heterocycles. The van der Waals surface area contributed by atoms with E-state index in [1.807, 2.05) is 0 Å². The molecule has 3 rings (SSSR count). The molecule has 0 saturated carbocycles. The van der Waals surface area contributed by atoms with Gasteiger partial charge >= 0.3 is 0 Å². The van der Waals surface area contributed by atoms with Gasteiger partial charge in [-0.2, -0.15) is 0 Å². The molecule has 0 atom stereocenters. The van der Waals surface area contributed by atoms with Gasteiger partial charge in [0.25, 0.3) is 11.8 Å². The van der Waals surface area contributed by atoms with Gasteiger partial charge in [0.1, 0.15) is 28.8 Å². The molecule has 0 unspecified atom stereocenters. The number of hydrogen-bond acceptors (Lipinski definition) is 7. The number of hydrazine groups is 1. The molecule has 8 nitrogen and oxygen atoms in total. The number of carbonyl (C=O) groups is 2. The van der Waals surface area contributed by atoms with Gasteiger partial charge in [-0.25, -0.2) is 4.98 Å². The van der Waals surface area contributed by atoms with Crippen molar-refractivity contribution < 1.29 is 19.1 Å². The Morgan fingerprint density at radius 3 is 2.43 bits per heavy atom. The lowest BCUT2D eigenvalue weighted by Crippen LogP contribution is -2.44. The van der Waals surface area contributed by atoms with Crippen LogP contribution in [0.25, 0.3) is 0 Å². The highest BCUT2D eigenvalue weighted by Crippen LogP contribution is 2.18. The van der Waals surface area contributed by atoms with Crippen LogP contribution >= 0.6 is 22.9 Å². The Balaban J connectivity index is 1.40. The van der Waals surface area contributed by atoms with Crippen molar-refractivity contribution in [3.05, 3.63) is 69.6 Å². The van der Waals surface area contributed by atoms with E-state index in [2.05, 4.69) is 21.2 Å². The third-order valence-electron chi connectivity index (χ3n) is 3.82. The van der Waals surface area contributed by atoms with Gasteiger partial charge in [0.15, 0.2) is 0 Å². The van der Waals surface area contributed by atoms with Crippen LogP contribution < -0.4 is 25.6 Å². The minimum atomic E-state index is -0.512. The smallest absolute Gasteiger partial charge is 0.289 e. The fourth-order valence-electron chi connectivity index (χ4n) is 2.28. The summed E-state index contributed by atoms with van der Waals surface area (Å²) >= 11 is 7.12. The largest absolute Gasteiger partial charge is 0.497 e. The van der Waals surface area contributed by atoms with Crippen LogP contribution in [0.15, 0.2) is 53.9 Å². The van der Waals surface area contributed by atoms with E-state index < -0.39 is 11.8 Å². The Morgan fingerprint density at radius 2 is 1.73 bits per heavy atom. The highest BCUT2D eigenvalue weighted by molar-refractivity contribution is 7.09. The fourth-order valence-corrected chi connectivity index (χ4v) is 3.09. The lowest BCUT2D eigenvalue weighted by atomic mass is 10.3. The first-order chi connectivity index (χ1) is 14.5. The average Bonchev–Trinajstić information content (AvgIpc) is 3.25. The number of nitrogens with one attached hydrogen (secondary N) is 3. The van der Waals surface area contributed by atoms with E-state index in [-0.39, 0.29) is 18.8 Å². The summed E-state index contributed by atoms with van der Waals surface area (Å²) < 4.78 is 10.7. The lowest BCUT2D eigenvalue weighted by molar-refractivity contribution is -0.120. The molecule has 0 aliphatic rings. The number of ether oxygens (including phenoxy) is 2. The SMILES string of the molecule is COc1ccc(NCC(=O)NNC(=O)c2csc(COc3ccc(Cl)cc3)n2)cc1. The minimum absolute atomic E-state index is 0.0101. The third kappa shape index (κ3) is 6.36. The molecule has 10 heteroatoms. The van der Waals surface area contributed by atoms with Gasteiger partial charge in [-0.05, 0) is 48.5 Å². The fraction of sp³-hybridized carbons (Fsp3) is 0.150.